The molecule has 2 aliphatic rings. The molecule has 0 bridgehead atoms. The van der Waals surface area contributed by atoms with Gasteiger partial charge in [-0.25, -0.2) is 0 Å². The van der Waals surface area contributed by atoms with Gasteiger partial charge in [0.1, 0.15) is 11.5 Å². The molecule has 124 valence electrons. The molecule has 4 nitrogen and oxygen atoms in total. The molecule has 4 rings (SSSR count). The number of pyridine rings is 1. The van der Waals surface area contributed by atoms with Gasteiger partial charge in [0.15, 0.2) is 0 Å². The summed E-state index contributed by atoms with van der Waals surface area (Å²) in [6, 6.07) is 11.2. The van der Waals surface area contributed by atoms with E-state index < -0.39 is 5.41 Å². The molecule has 2 saturated carbocycles. The zero-order chi connectivity index (χ0) is 16.4. The molecule has 2 fully saturated rings. The second-order valence-corrected chi connectivity index (χ2v) is 6.71. The van der Waals surface area contributed by atoms with Crippen molar-refractivity contribution in [3.8, 4) is 11.5 Å². The Morgan fingerprint density at radius 1 is 1.04 bits per heavy atom. The fourth-order valence-corrected chi connectivity index (χ4v) is 3.40. The third kappa shape index (κ3) is 3.01. The van der Waals surface area contributed by atoms with Crippen LogP contribution in [0.3, 0.4) is 0 Å². The Bertz CT molecular complexity index is 701. The van der Waals surface area contributed by atoms with Gasteiger partial charge in [0, 0.05) is 12.4 Å². The van der Waals surface area contributed by atoms with E-state index in [-0.39, 0.29) is 5.97 Å². The first-order valence-corrected chi connectivity index (χ1v) is 8.66. The first kappa shape index (κ1) is 15.2. The third-order valence-corrected chi connectivity index (χ3v) is 4.92. The first-order chi connectivity index (χ1) is 11.8. The Morgan fingerprint density at radius 3 is 2.38 bits per heavy atom. The highest BCUT2D eigenvalue weighted by molar-refractivity contribution is 5.85. The number of esters is 1. The van der Waals surface area contributed by atoms with Crippen LogP contribution in [0.25, 0.3) is 0 Å². The zero-order valence-corrected chi connectivity index (χ0v) is 13.6. The average Bonchev–Trinajstić information content (AvgIpc) is 3.29. The predicted octanol–water partition coefficient (Wildman–Crippen LogP) is 4.04. The molecular formula is C20H21NO3. The Labute approximate surface area is 141 Å². The normalized spacial score (nSPS) is 19.0. The molecule has 0 N–H and O–H groups in total. The largest absolute Gasteiger partial charge is 0.490 e. The summed E-state index contributed by atoms with van der Waals surface area (Å²) in [6.07, 6.45) is 9.87. The van der Waals surface area contributed by atoms with E-state index >= 15 is 0 Å². The minimum atomic E-state index is -0.558. The number of ether oxygens (including phenoxy) is 2. The van der Waals surface area contributed by atoms with Crippen molar-refractivity contribution in [2.45, 2.75) is 50.0 Å². The quantitative estimate of drug-likeness (QED) is 0.615. The molecule has 24 heavy (non-hydrogen) atoms. The van der Waals surface area contributed by atoms with Gasteiger partial charge in [0.25, 0.3) is 0 Å². The van der Waals surface area contributed by atoms with Crippen LogP contribution in [-0.2, 0) is 10.2 Å². The van der Waals surface area contributed by atoms with Gasteiger partial charge in [-0.05, 0) is 61.6 Å². The van der Waals surface area contributed by atoms with E-state index in [9.17, 15) is 4.79 Å². The van der Waals surface area contributed by atoms with Crippen molar-refractivity contribution in [3.63, 3.8) is 0 Å². The maximum atomic E-state index is 12.9. The molecular weight excluding hydrogens is 302 g/mol. The van der Waals surface area contributed by atoms with E-state index in [1.54, 1.807) is 12.4 Å². The van der Waals surface area contributed by atoms with Gasteiger partial charge in [-0.3, -0.25) is 9.78 Å². The SMILES string of the molecule is O=C(Oc1ccc(OC2CC2)cc1)C1(c2cccnc2)CCCC1. The highest BCUT2D eigenvalue weighted by Crippen LogP contribution is 2.42. The van der Waals surface area contributed by atoms with Gasteiger partial charge in [0.05, 0.1) is 11.5 Å². The minimum Gasteiger partial charge on any atom is -0.490 e. The molecule has 0 saturated heterocycles. The van der Waals surface area contributed by atoms with Gasteiger partial charge < -0.3 is 9.47 Å². The Morgan fingerprint density at radius 2 is 1.75 bits per heavy atom. The van der Waals surface area contributed by atoms with Crippen molar-refractivity contribution in [2.75, 3.05) is 0 Å². The van der Waals surface area contributed by atoms with Crippen LogP contribution >= 0.6 is 0 Å². The lowest BCUT2D eigenvalue weighted by molar-refractivity contribution is -0.140. The van der Waals surface area contributed by atoms with Crippen LogP contribution in [0.4, 0.5) is 0 Å². The number of benzene rings is 1. The van der Waals surface area contributed by atoms with E-state index in [2.05, 4.69) is 4.98 Å². The predicted molar refractivity (Wildman–Crippen MR) is 90.1 cm³/mol. The molecule has 0 unspecified atom stereocenters. The Kier molecular flexibility index (Phi) is 3.97. The highest BCUT2D eigenvalue weighted by Gasteiger charge is 2.44. The summed E-state index contributed by atoms with van der Waals surface area (Å²) in [5, 5.41) is 0. The lowest BCUT2D eigenvalue weighted by atomic mass is 9.80. The molecule has 2 aromatic rings. The van der Waals surface area contributed by atoms with E-state index in [0.717, 1.165) is 49.8 Å². The van der Waals surface area contributed by atoms with Crippen molar-refractivity contribution >= 4 is 5.97 Å². The standard InChI is InChI=1S/C20H21NO3/c22-19(20(11-1-2-12-20)15-4-3-13-21-14-15)24-18-9-7-17(8-10-18)23-16-5-6-16/h3-4,7-10,13-14,16H,1-2,5-6,11-12H2. The number of aromatic nitrogens is 1. The smallest absolute Gasteiger partial charge is 0.322 e. The maximum absolute atomic E-state index is 12.9. The molecule has 0 aliphatic heterocycles. The number of rotatable bonds is 5. The molecule has 0 amide bonds. The molecule has 2 aliphatic carbocycles. The molecule has 0 atom stereocenters. The monoisotopic (exact) mass is 323 g/mol. The van der Waals surface area contributed by atoms with E-state index in [0.29, 0.717) is 11.9 Å². The Hall–Kier alpha value is -2.36. The molecule has 0 spiro atoms. The van der Waals surface area contributed by atoms with Gasteiger partial charge in [-0.1, -0.05) is 18.9 Å². The summed E-state index contributed by atoms with van der Waals surface area (Å²) in [5.74, 6) is 1.22. The van der Waals surface area contributed by atoms with E-state index in [1.807, 2.05) is 36.4 Å². The number of carbonyl (C=O) groups is 1. The van der Waals surface area contributed by atoms with E-state index in [1.165, 1.54) is 0 Å². The number of carbonyl (C=O) groups excluding carboxylic acids is 1. The van der Waals surface area contributed by atoms with E-state index in [4.69, 9.17) is 9.47 Å². The minimum absolute atomic E-state index is 0.177. The summed E-state index contributed by atoms with van der Waals surface area (Å²) in [7, 11) is 0. The van der Waals surface area contributed by atoms with Gasteiger partial charge in [-0.2, -0.15) is 0 Å². The van der Waals surface area contributed by atoms with Crippen molar-refractivity contribution in [3.05, 3.63) is 54.4 Å². The molecule has 1 aromatic carbocycles. The number of nitrogens with zero attached hydrogens (tertiary/aromatic N) is 1. The molecule has 1 heterocycles. The van der Waals surface area contributed by atoms with Crippen LogP contribution in [0.5, 0.6) is 11.5 Å². The van der Waals surface area contributed by atoms with Crippen molar-refractivity contribution < 1.29 is 14.3 Å². The van der Waals surface area contributed by atoms with Crippen LogP contribution in [-0.4, -0.2) is 17.1 Å². The fraction of sp³-hybridized carbons (Fsp3) is 0.400. The van der Waals surface area contributed by atoms with Gasteiger partial charge >= 0.3 is 5.97 Å². The Balaban J connectivity index is 1.51. The second-order valence-electron chi connectivity index (χ2n) is 6.71. The van der Waals surface area contributed by atoms with Crippen LogP contribution in [0.15, 0.2) is 48.8 Å². The summed E-state index contributed by atoms with van der Waals surface area (Å²) >= 11 is 0. The maximum Gasteiger partial charge on any atom is 0.322 e. The lowest BCUT2D eigenvalue weighted by Crippen LogP contribution is -2.36. The van der Waals surface area contributed by atoms with Crippen LogP contribution < -0.4 is 9.47 Å². The molecule has 1 aromatic heterocycles. The van der Waals surface area contributed by atoms with Crippen LogP contribution in [0.2, 0.25) is 0 Å². The number of hydrogen-bond donors (Lipinski definition) is 0. The average molecular weight is 323 g/mol. The van der Waals surface area contributed by atoms with Crippen molar-refractivity contribution in [1.29, 1.82) is 0 Å². The third-order valence-electron chi connectivity index (χ3n) is 4.92. The number of hydrogen-bond acceptors (Lipinski definition) is 4. The zero-order valence-electron chi connectivity index (χ0n) is 13.6. The summed E-state index contributed by atoms with van der Waals surface area (Å²) < 4.78 is 11.4. The van der Waals surface area contributed by atoms with Gasteiger partial charge in [-0.15, -0.1) is 0 Å². The highest BCUT2D eigenvalue weighted by atomic mass is 16.5. The second kappa shape index (κ2) is 6.27. The van der Waals surface area contributed by atoms with Crippen molar-refractivity contribution in [2.24, 2.45) is 0 Å². The lowest BCUT2D eigenvalue weighted by Gasteiger charge is -2.26. The fourth-order valence-electron chi connectivity index (χ4n) is 3.40. The molecule has 0 radical (unpaired) electrons. The van der Waals surface area contributed by atoms with Gasteiger partial charge in [0.2, 0.25) is 0 Å². The summed E-state index contributed by atoms with van der Waals surface area (Å²) in [5.41, 5.74) is 0.401. The van der Waals surface area contributed by atoms with Crippen LogP contribution in [0, 0.1) is 0 Å². The summed E-state index contributed by atoms with van der Waals surface area (Å²) in [6.45, 7) is 0. The first-order valence-electron chi connectivity index (χ1n) is 8.66. The topological polar surface area (TPSA) is 48.4 Å². The van der Waals surface area contributed by atoms with Crippen molar-refractivity contribution in [1.82, 2.24) is 4.98 Å². The summed E-state index contributed by atoms with van der Waals surface area (Å²) in [4.78, 5) is 17.1. The molecule has 4 heteroatoms. The van der Waals surface area contributed by atoms with Crippen LogP contribution in [0.1, 0.15) is 44.1 Å².